The maximum absolute atomic E-state index is 12.4. The Morgan fingerprint density at radius 2 is 2.39 bits per heavy atom. The lowest BCUT2D eigenvalue weighted by Crippen LogP contribution is -2.45. The van der Waals surface area contributed by atoms with Crippen LogP contribution in [0.4, 0.5) is 0 Å². The molecule has 2 aromatic rings. The van der Waals surface area contributed by atoms with Crippen molar-refractivity contribution in [3.05, 3.63) is 26.6 Å². The third kappa shape index (κ3) is 1.75. The molecule has 0 aromatic carbocycles. The molecule has 1 aliphatic carbocycles. The van der Waals surface area contributed by atoms with E-state index in [4.69, 9.17) is 17.0 Å². The molecule has 0 amide bonds. The van der Waals surface area contributed by atoms with Gasteiger partial charge in [-0.05, 0) is 42.9 Å². The van der Waals surface area contributed by atoms with Crippen LogP contribution in [0.1, 0.15) is 19.3 Å². The molecule has 0 atom stereocenters. The summed E-state index contributed by atoms with van der Waals surface area (Å²) in [6, 6.07) is 1.89. The molecule has 1 saturated carbocycles. The molecule has 2 aromatic heterocycles. The third-order valence-corrected chi connectivity index (χ3v) is 4.96. The van der Waals surface area contributed by atoms with Crippen LogP contribution in [0, 0.1) is 4.77 Å². The number of aromatic amines is 1. The van der Waals surface area contributed by atoms with Crippen molar-refractivity contribution in [3.8, 4) is 0 Å². The van der Waals surface area contributed by atoms with Crippen LogP contribution < -0.4 is 5.56 Å². The Labute approximate surface area is 113 Å². The van der Waals surface area contributed by atoms with E-state index in [1.54, 1.807) is 11.7 Å². The number of nitrogens with zero attached hydrogens (tertiary/aromatic N) is 1. The van der Waals surface area contributed by atoms with Crippen molar-refractivity contribution in [2.24, 2.45) is 0 Å². The van der Waals surface area contributed by atoms with Crippen LogP contribution in [-0.4, -0.2) is 22.3 Å². The van der Waals surface area contributed by atoms with Gasteiger partial charge < -0.3 is 9.72 Å². The largest absolute Gasteiger partial charge is 0.376 e. The van der Waals surface area contributed by atoms with Crippen molar-refractivity contribution < 1.29 is 4.74 Å². The molecular formula is C12H14N2O2S2. The summed E-state index contributed by atoms with van der Waals surface area (Å²) >= 11 is 6.72. The number of rotatable bonds is 3. The lowest BCUT2D eigenvalue weighted by atomic mass is 9.80. The maximum atomic E-state index is 12.4. The van der Waals surface area contributed by atoms with Crippen LogP contribution in [0.3, 0.4) is 0 Å². The monoisotopic (exact) mass is 282 g/mol. The van der Waals surface area contributed by atoms with Crippen LogP contribution in [0.15, 0.2) is 16.2 Å². The van der Waals surface area contributed by atoms with Gasteiger partial charge in [-0.2, -0.15) is 0 Å². The normalized spacial score (nSPS) is 17.8. The van der Waals surface area contributed by atoms with Crippen LogP contribution in [0.2, 0.25) is 0 Å². The second-order valence-electron chi connectivity index (χ2n) is 4.73. The highest BCUT2D eigenvalue weighted by atomic mass is 32.1. The topological polar surface area (TPSA) is 47.0 Å². The zero-order valence-electron chi connectivity index (χ0n) is 10.1. The van der Waals surface area contributed by atoms with Gasteiger partial charge in [0.25, 0.3) is 5.56 Å². The first-order valence-electron chi connectivity index (χ1n) is 5.91. The molecule has 1 fully saturated rings. The third-order valence-electron chi connectivity index (χ3n) is 3.74. The fraction of sp³-hybridized carbons (Fsp3) is 0.500. The van der Waals surface area contributed by atoms with Gasteiger partial charge in [0.15, 0.2) is 4.77 Å². The summed E-state index contributed by atoms with van der Waals surface area (Å²) in [6.07, 6.45) is 3.14. The van der Waals surface area contributed by atoms with E-state index in [9.17, 15) is 4.79 Å². The summed E-state index contributed by atoms with van der Waals surface area (Å²) in [5.74, 6) is 0. The van der Waals surface area contributed by atoms with Gasteiger partial charge >= 0.3 is 0 Å². The lowest BCUT2D eigenvalue weighted by Gasteiger charge is -2.40. The first kappa shape index (κ1) is 12.1. The molecule has 0 aliphatic heterocycles. The Morgan fingerprint density at radius 3 is 3.00 bits per heavy atom. The van der Waals surface area contributed by atoms with E-state index < -0.39 is 0 Å². The van der Waals surface area contributed by atoms with Crippen LogP contribution in [-0.2, 0) is 11.3 Å². The van der Waals surface area contributed by atoms with Crippen molar-refractivity contribution >= 4 is 33.8 Å². The lowest BCUT2D eigenvalue weighted by molar-refractivity contribution is -0.0843. The highest BCUT2D eigenvalue weighted by molar-refractivity contribution is 7.71. The second-order valence-corrected chi connectivity index (χ2v) is 6.03. The standard InChI is InChI=1S/C12H14N2O2S2/c1-16-12(4-2-5-12)7-14-10(15)9-8(3-6-18-9)13-11(14)17/h3,6H,2,4-5,7H2,1H3,(H,13,17). The minimum Gasteiger partial charge on any atom is -0.376 e. The number of nitrogens with one attached hydrogen (secondary N) is 1. The van der Waals surface area contributed by atoms with Gasteiger partial charge in [-0.3, -0.25) is 9.36 Å². The maximum Gasteiger partial charge on any atom is 0.272 e. The number of thiophene rings is 1. The van der Waals surface area contributed by atoms with Gasteiger partial charge in [-0.15, -0.1) is 11.3 Å². The van der Waals surface area contributed by atoms with E-state index in [1.165, 1.54) is 11.3 Å². The molecule has 0 radical (unpaired) electrons. The molecule has 2 heterocycles. The Kier molecular flexibility index (Phi) is 2.88. The summed E-state index contributed by atoms with van der Waals surface area (Å²) in [4.78, 5) is 15.5. The molecule has 0 bridgehead atoms. The summed E-state index contributed by atoms with van der Waals surface area (Å²) in [5.41, 5.74) is 0.620. The summed E-state index contributed by atoms with van der Waals surface area (Å²) < 4.78 is 8.41. The van der Waals surface area contributed by atoms with E-state index in [0.717, 1.165) is 29.5 Å². The predicted molar refractivity (Wildman–Crippen MR) is 74.9 cm³/mol. The average molecular weight is 282 g/mol. The van der Waals surface area contributed by atoms with Gasteiger partial charge in [-0.1, -0.05) is 0 Å². The van der Waals surface area contributed by atoms with Crippen molar-refractivity contribution in [2.45, 2.75) is 31.4 Å². The minimum atomic E-state index is -0.198. The van der Waals surface area contributed by atoms with Crippen molar-refractivity contribution in [1.29, 1.82) is 0 Å². The number of H-pyrrole nitrogens is 1. The highest BCUT2D eigenvalue weighted by Crippen LogP contribution is 2.36. The molecule has 0 spiro atoms. The molecular weight excluding hydrogens is 268 g/mol. The minimum absolute atomic E-state index is 0.00734. The zero-order chi connectivity index (χ0) is 12.8. The van der Waals surface area contributed by atoms with Crippen LogP contribution in [0.25, 0.3) is 10.2 Å². The Morgan fingerprint density at radius 1 is 1.61 bits per heavy atom. The van der Waals surface area contributed by atoms with Crippen LogP contribution >= 0.6 is 23.6 Å². The second kappa shape index (κ2) is 4.29. The smallest absolute Gasteiger partial charge is 0.272 e. The van der Waals surface area contributed by atoms with E-state index in [1.807, 2.05) is 11.4 Å². The number of hydrogen-bond donors (Lipinski definition) is 1. The number of fused-ring (bicyclic) bond motifs is 1. The summed E-state index contributed by atoms with van der Waals surface area (Å²) in [5, 5.41) is 1.90. The van der Waals surface area contributed by atoms with Crippen molar-refractivity contribution in [1.82, 2.24) is 9.55 Å². The van der Waals surface area contributed by atoms with E-state index in [2.05, 4.69) is 4.98 Å². The first-order chi connectivity index (χ1) is 8.65. The number of methoxy groups -OCH3 is 1. The van der Waals surface area contributed by atoms with Gasteiger partial charge in [0.2, 0.25) is 0 Å². The van der Waals surface area contributed by atoms with Gasteiger partial charge in [0.05, 0.1) is 17.7 Å². The van der Waals surface area contributed by atoms with E-state index in [-0.39, 0.29) is 11.2 Å². The van der Waals surface area contributed by atoms with E-state index >= 15 is 0 Å². The molecule has 4 nitrogen and oxygen atoms in total. The van der Waals surface area contributed by atoms with E-state index in [0.29, 0.717) is 11.3 Å². The summed E-state index contributed by atoms with van der Waals surface area (Å²) in [6.45, 7) is 0.547. The SMILES string of the molecule is COC1(Cn2c(=S)[nH]c3ccsc3c2=O)CCC1. The Balaban J connectivity index is 2.11. The first-order valence-corrected chi connectivity index (χ1v) is 7.19. The highest BCUT2D eigenvalue weighted by Gasteiger charge is 2.38. The molecule has 6 heteroatoms. The Hall–Kier alpha value is -0.980. The van der Waals surface area contributed by atoms with Gasteiger partial charge in [0, 0.05) is 7.11 Å². The average Bonchev–Trinajstić information content (AvgIpc) is 2.75. The van der Waals surface area contributed by atoms with Crippen molar-refractivity contribution in [2.75, 3.05) is 7.11 Å². The van der Waals surface area contributed by atoms with Gasteiger partial charge in [0.1, 0.15) is 4.70 Å². The molecule has 0 unspecified atom stereocenters. The van der Waals surface area contributed by atoms with Crippen LogP contribution in [0.5, 0.6) is 0 Å². The number of hydrogen-bond acceptors (Lipinski definition) is 4. The molecule has 96 valence electrons. The molecule has 0 saturated heterocycles. The number of ether oxygens (including phenoxy) is 1. The zero-order valence-corrected chi connectivity index (χ0v) is 11.7. The fourth-order valence-electron chi connectivity index (χ4n) is 2.40. The number of aromatic nitrogens is 2. The fourth-order valence-corrected chi connectivity index (χ4v) is 3.46. The molecule has 3 rings (SSSR count). The molecule has 18 heavy (non-hydrogen) atoms. The molecule has 1 N–H and O–H groups in total. The quantitative estimate of drug-likeness (QED) is 0.880. The van der Waals surface area contributed by atoms with Gasteiger partial charge in [-0.25, -0.2) is 0 Å². The Bertz CT molecular complexity index is 688. The summed E-state index contributed by atoms with van der Waals surface area (Å²) in [7, 11) is 1.71. The molecule has 1 aliphatic rings. The van der Waals surface area contributed by atoms with Crippen molar-refractivity contribution in [3.63, 3.8) is 0 Å². The predicted octanol–water partition coefficient (Wildman–Crippen LogP) is 2.69.